The number of likely N-dealkylation sites (tertiary alicyclic amines) is 1. The van der Waals surface area contributed by atoms with Crippen LogP contribution in [0.5, 0.6) is 11.5 Å². The quantitative estimate of drug-likeness (QED) is 0.589. The van der Waals surface area contributed by atoms with Crippen LogP contribution in [0.15, 0.2) is 44.9 Å². The number of rotatable bonds is 6. The first-order valence-electron chi connectivity index (χ1n) is 10.7. The molecule has 2 aliphatic rings. The lowest BCUT2D eigenvalue weighted by atomic mass is 9.95. The highest BCUT2D eigenvalue weighted by Gasteiger charge is 2.28. The topological polar surface area (TPSA) is 116 Å². The number of benzene rings is 1. The van der Waals surface area contributed by atoms with E-state index in [0.29, 0.717) is 43.1 Å². The molecule has 1 saturated heterocycles. The first-order valence-corrected chi connectivity index (χ1v) is 11.5. The highest BCUT2D eigenvalue weighted by Crippen LogP contribution is 2.34. The highest BCUT2D eigenvalue weighted by molar-refractivity contribution is 7.13. The van der Waals surface area contributed by atoms with Crippen LogP contribution in [-0.4, -0.2) is 46.4 Å². The Labute approximate surface area is 192 Å². The number of anilines is 1. The van der Waals surface area contributed by atoms with Crippen LogP contribution in [0.25, 0.3) is 10.8 Å². The van der Waals surface area contributed by atoms with E-state index in [1.807, 2.05) is 17.5 Å². The molecule has 0 aliphatic carbocycles. The number of carbonyl (C=O) groups excluding carboxylic acids is 2. The molecule has 0 spiro atoms. The molecule has 0 saturated carbocycles. The van der Waals surface area contributed by atoms with Crippen molar-refractivity contribution < 1.29 is 23.5 Å². The van der Waals surface area contributed by atoms with E-state index in [9.17, 15) is 14.4 Å². The summed E-state index contributed by atoms with van der Waals surface area (Å²) in [6, 6.07) is 8.96. The maximum atomic E-state index is 12.6. The normalized spacial score (nSPS) is 15.6. The van der Waals surface area contributed by atoms with Gasteiger partial charge in [-0.3, -0.25) is 9.59 Å². The number of hydrogen-bond acceptors (Lipinski definition) is 8. The van der Waals surface area contributed by atoms with E-state index >= 15 is 0 Å². The zero-order valence-corrected chi connectivity index (χ0v) is 18.5. The van der Waals surface area contributed by atoms with E-state index in [-0.39, 0.29) is 43.4 Å². The third kappa shape index (κ3) is 4.63. The van der Waals surface area contributed by atoms with Crippen molar-refractivity contribution in [3.8, 4) is 22.3 Å². The van der Waals surface area contributed by atoms with Crippen LogP contribution in [0, 0.1) is 5.92 Å². The van der Waals surface area contributed by atoms with Gasteiger partial charge in [-0.25, -0.2) is 4.79 Å². The molecule has 0 unspecified atom stereocenters. The van der Waals surface area contributed by atoms with Gasteiger partial charge in [-0.1, -0.05) is 6.07 Å². The second-order valence-electron chi connectivity index (χ2n) is 7.84. The summed E-state index contributed by atoms with van der Waals surface area (Å²) in [6.07, 6.45) is 1.30. The summed E-state index contributed by atoms with van der Waals surface area (Å²) in [5.74, 6) is 0.638. The number of aromatic nitrogens is 2. The van der Waals surface area contributed by atoms with Crippen molar-refractivity contribution in [2.75, 3.05) is 25.2 Å². The predicted octanol–water partition coefficient (Wildman–Crippen LogP) is 2.56. The van der Waals surface area contributed by atoms with Crippen LogP contribution >= 0.6 is 11.3 Å². The lowest BCUT2D eigenvalue weighted by molar-refractivity contribution is -0.134. The second-order valence-corrected chi connectivity index (χ2v) is 8.78. The molecule has 1 fully saturated rings. The number of piperidine rings is 1. The second kappa shape index (κ2) is 9.10. The van der Waals surface area contributed by atoms with Crippen molar-refractivity contribution in [1.82, 2.24) is 14.7 Å². The van der Waals surface area contributed by atoms with E-state index in [4.69, 9.17) is 13.9 Å². The van der Waals surface area contributed by atoms with Gasteiger partial charge in [-0.15, -0.1) is 16.4 Å². The van der Waals surface area contributed by atoms with Gasteiger partial charge in [0.1, 0.15) is 0 Å². The van der Waals surface area contributed by atoms with Crippen molar-refractivity contribution in [2.24, 2.45) is 5.92 Å². The standard InChI is InChI=1S/C22H22N4O6S/c27-19(7-10-26-22(29)32-21(24-26)18-2-1-11-33-18)25-8-5-14(6-9-25)20(28)23-15-3-4-16-17(12-15)31-13-30-16/h1-4,11-12,14H,5-10,13H2,(H,23,28). The third-order valence-electron chi connectivity index (χ3n) is 5.73. The van der Waals surface area contributed by atoms with Crippen molar-refractivity contribution >= 4 is 28.8 Å². The van der Waals surface area contributed by atoms with Gasteiger partial charge in [0.2, 0.25) is 18.6 Å². The summed E-state index contributed by atoms with van der Waals surface area (Å²) in [5, 5.41) is 8.96. The number of nitrogens with one attached hydrogen (secondary N) is 1. The van der Waals surface area contributed by atoms with Crippen LogP contribution in [-0.2, 0) is 16.1 Å². The maximum absolute atomic E-state index is 12.6. The molecule has 0 radical (unpaired) electrons. The van der Waals surface area contributed by atoms with Crippen molar-refractivity contribution in [3.63, 3.8) is 0 Å². The first-order chi connectivity index (χ1) is 16.1. The molecule has 4 heterocycles. The van der Waals surface area contributed by atoms with Crippen LogP contribution in [0.1, 0.15) is 19.3 Å². The van der Waals surface area contributed by atoms with Gasteiger partial charge in [0.25, 0.3) is 5.89 Å². The third-order valence-corrected chi connectivity index (χ3v) is 6.59. The summed E-state index contributed by atoms with van der Waals surface area (Å²) in [7, 11) is 0. The SMILES string of the molecule is O=C(Nc1ccc2c(c1)OCO2)C1CCN(C(=O)CCn2nc(-c3cccs3)oc2=O)CC1. The monoisotopic (exact) mass is 470 g/mol. The largest absolute Gasteiger partial charge is 0.454 e. The fourth-order valence-corrected chi connectivity index (χ4v) is 4.56. The number of carbonyl (C=O) groups is 2. The molecular weight excluding hydrogens is 448 g/mol. The Morgan fingerprint density at radius 2 is 1.97 bits per heavy atom. The minimum Gasteiger partial charge on any atom is -0.454 e. The Kier molecular flexibility index (Phi) is 5.86. The van der Waals surface area contributed by atoms with Crippen molar-refractivity contribution in [1.29, 1.82) is 0 Å². The Morgan fingerprint density at radius 3 is 2.76 bits per heavy atom. The number of aryl methyl sites for hydroxylation is 1. The lowest BCUT2D eigenvalue weighted by Gasteiger charge is -2.31. The van der Waals surface area contributed by atoms with Crippen LogP contribution in [0.4, 0.5) is 5.69 Å². The summed E-state index contributed by atoms with van der Waals surface area (Å²) in [6.45, 7) is 1.32. The first kappa shape index (κ1) is 21.3. The van der Waals surface area contributed by atoms with Gasteiger partial charge in [-0.2, -0.15) is 4.68 Å². The molecule has 1 aromatic carbocycles. The average molecular weight is 471 g/mol. The molecule has 1 N–H and O–H groups in total. The average Bonchev–Trinajstić information content (AvgIpc) is 3.58. The van der Waals surface area contributed by atoms with Crippen LogP contribution < -0.4 is 20.5 Å². The molecule has 2 aliphatic heterocycles. The van der Waals surface area contributed by atoms with Gasteiger partial charge in [0.15, 0.2) is 11.5 Å². The summed E-state index contributed by atoms with van der Waals surface area (Å²) < 4.78 is 17.0. The van der Waals surface area contributed by atoms with Gasteiger partial charge >= 0.3 is 5.76 Å². The molecule has 2 aromatic heterocycles. The Balaban J connectivity index is 1.10. The Hall–Kier alpha value is -3.60. The van der Waals surface area contributed by atoms with Crippen molar-refractivity contribution in [3.05, 3.63) is 46.3 Å². The van der Waals surface area contributed by atoms with E-state index in [1.54, 1.807) is 23.1 Å². The number of hydrogen-bond donors (Lipinski definition) is 1. The van der Waals surface area contributed by atoms with E-state index in [0.717, 1.165) is 4.88 Å². The minimum atomic E-state index is -0.579. The molecule has 0 bridgehead atoms. The molecule has 33 heavy (non-hydrogen) atoms. The molecule has 0 atom stereocenters. The molecule has 11 heteroatoms. The maximum Gasteiger partial charge on any atom is 0.437 e. The van der Waals surface area contributed by atoms with Crippen molar-refractivity contribution in [2.45, 2.75) is 25.8 Å². The Morgan fingerprint density at radius 1 is 1.15 bits per heavy atom. The molecule has 3 aromatic rings. The minimum absolute atomic E-state index is 0.0720. The number of nitrogens with zero attached hydrogens (tertiary/aromatic N) is 3. The number of amides is 2. The van der Waals surface area contributed by atoms with Gasteiger partial charge < -0.3 is 24.1 Å². The highest BCUT2D eigenvalue weighted by atomic mass is 32.1. The Bertz CT molecular complexity index is 1210. The zero-order valence-electron chi connectivity index (χ0n) is 17.7. The van der Waals surface area contributed by atoms with Gasteiger partial charge in [0, 0.05) is 37.2 Å². The van der Waals surface area contributed by atoms with E-state index < -0.39 is 5.76 Å². The van der Waals surface area contributed by atoms with E-state index in [2.05, 4.69) is 10.4 Å². The van der Waals surface area contributed by atoms with Gasteiger partial charge in [0.05, 0.1) is 11.4 Å². The fourth-order valence-electron chi connectivity index (χ4n) is 3.92. The molecule has 172 valence electrons. The number of thiophene rings is 1. The molecule has 5 rings (SSSR count). The molecular formula is C22H22N4O6S. The summed E-state index contributed by atoms with van der Waals surface area (Å²) in [4.78, 5) is 39.8. The predicted molar refractivity (Wildman–Crippen MR) is 119 cm³/mol. The molecule has 2 amide bonds. The fraction of sp³-hybridized carbons (Fsp3) is 0.364. The molecule has 10 nitrogen and oxygen atoms in total. The number of fused-ring (bicyclic) bond motifs is 1. The summed E-state index contributed by atoms with van der Waals surface area (Å²) >= 11 is 1.43. The van der Waals surface area contributed by atoms with Gasteiger partial charge in [-0.05, 0) is 36.4 Å². The van der Waals surface area contributed by atoms with E-state index in [1.165, 1.54) is 16.0 Å². The van der Waals surface area contributed by atoms with Crippen LogP contribution in [0.2, 0.25) is 0 Å². The van der Waals surface area contributed by atoms with Crippen LogP contribution in [0.3, 0.4) is 0 Å². The summed E-state index contributed by atoms with van der Waals surface area (Å²) in [5.41, 5.74) is 0.655. The number of ether oxygens (including phenoxy) is 2. The zero-order chi connectivity index (χ0) is 22.8. The lowest BCUT2D eigenvalue weighted by Crippen LogP contribution is -2.41. The smallest absolute Gasteiger partial charge is 0.437 e.